The van der Waals surface area contributed by atoms with Gasteiger partial charge in [0.2, 0.25) is 0 Å². The number of allylic oxidation sites excluding steroid dienone is 1. The topological polar surface area (TPSA) is 75.4 Å². The largest absolute Gasteiger partial charge is 0.478 e. The number of benzene rings is 1. The Morgan fingerprint density at radius 2 is 2.07 bits per heavy atom. The zero-order valence-electron chi connectivity index (χ0n) is 16.4. The van der Waals surface area contributed by atoms with Crippen LogP contribution >= 0.6 is 12.6 Å². The van der Waals surface area contributed by atoms with Gasteiger partial charge in [0, 0.05) is 36.0 Å². The maximum Gasteiger partial charge on any atom is 0.338 e. The second-order valence-corrected chi connectivity index (χ2v) is 8.53. The fraction of sp³-hybridized carbons (Fsp3) is 0.409. The van der Waals surface area contributed by atoms with Crippen molar-refractivity contribution in [3.05, 3.63) is 65.3 Å². The molecule has 1 saturated carbocycles. The Balaban J connectivity index is 1.55. The number of aromatic carboxylic acids is 1. The van der Waals surface area contributed by atoms with Gasteiger partial charge in [-0.3, -0.25) is 14.4 Å². The Bertz CT molecular complexity index is 986. The van der Waals surface area contributed by atoms with Crippen LogP contribution in [0, 0.1) is 11.7 Å². The van der Waals surface area contributed by atoms with Gasteiger partial charge in [-0.1, -0.05) is 24.3 Å². The van der Waals surface area contributed by atoms with Crippen LogP contribution in [0.1, 0.15) is 41.2 Å². The lowest BCUT2D eigenvalue weighted by molar-refractivity contribution is -0.126. The van der Waals surface area contributed by atoms with E-state index in [4.69, 9.17) is 5.11 Å². The first-order chi connectivity index (χ1) is 14.4. The van der Waals surface area contributed by atoms with Gasteiger partial charge < -0.3 is 5.11 Å². The van der Waals surface area contributed by atoms with Gasteiger partial charge in [0.1, 0.15) is 5.82 Å². The Labute approximate surface area is 179 Å². The molecule has 2 aromatic rings. The molecule has 0 amide bonds. The van der Waals surface area contributed by atoms with Crippen LogP contribution in [0.3, 0.4) is 0 Å². The molecule has 2 fully saturated rings. The zero-order valence-corrected chi connectivity index (χ0v) is 17.3. The third kappa shape index (κ3) is 4.49. The van der Waals surface area contributed by atoms with Crippen LogP contribution in [0.4, 0.5) is 4.39 Å². The van der Waals surface area contributed by atoms with Gasteiger partial charge in [-0.2, -0.15) is 17.7 Å². The summed E-state index contributed by atoms with van der Waals surface area (Å²) in [7, 11) is 0. The number of Topliss-reactive ketones (excluding diaryl/α,β-unsaturated/α-hetero) is 1. The van der Waals surface area contributed by atoms with Crippen LogP contribution in [0.15, 0.2) is 48.3 Å². The molecule has 6 nitrogen and oxygen atoms in total. The summed E-state index contributed by atoms with van der Waals surface area (Å²) in [6, 6.07) is 5.92. The van der Waals surface area contributed by atoms with Crippen molar-refractivity contribution >= 4 is 24.4 Å². The number of thiol groups is 1. The number of carbonyl (C=O) groups is 2. The van der Waals surface area contributed by atoms with Crippen LogP contribution in [-0.2, 0) is 11.3 Å². The molecule has 1 aromatic heterocycles. The van der Waals surface area contributed by atoms with Crippen molar-refractivity contribution in [1.82, 2.24) is 14.7 Å². The minimum atomic E-state index is -1.02. The number of nitrogens with zero attached hydrogens (tertiary/aromatic N) is 3. The Morgan fingerprint density at radius 1 is 1.30 bits per heavy atom. The van der Waals surface area contributed by atoms with Crippen LogP contribution in [0.2, 0.25) is 0 Å². The van der Waals surface area contributed by atoms with Crippen molar-refractivity contribution in [3.63, 3.8) is 0 Å². The number of halogens is 1. The molecule has 2 heterocycles. The summed E-state index contributed by atoms with van der Waals surface area (Å²) in [5, 5.41) is 13.1. The van der Waals surface area contributed by atoms with Gasteiger partial charge in [0.25, 0.3) is 0 Å². The third-order valence-corrected chi connectivity index (χ3v) is 6.33. The average molecular weight is 430 g/mol. The second kappa shape index (κ2) is 8.73. The monoisotopic (exact) mass is 429 g/mol. The van der Waals surface area contributed by atoms with Gasteiger partial charge >= 0.3 is 5.97 Å². The van der Waals surface area contributed by atoms with Crippen molar-refractivity contribution in [3.8, 4) is 0 Å². The predicted molar refractivity (Wildman–Crippen MR) is 113 cm³/mol. The van der Waals surface area contributed by atoms with E-state index in [0.29, 0.717) is 25.2 Å². The Morgan fingerprint density at radius 3 is 2.73 bits per heavy atom. The lowest BCUT2D eigenvalue weighted by Gasteiger charge is -2.37. The summed E-state index contributed by atoms with van der Waals surface area (Å²) >= 11 is 4.68. The standard InChI is InChI=1S/C22H24FN3O3S/c23-18-4-2-1-3-17(18)20(21(27)14-5-6-14)25-9-8-19(30)15(12-25)7-10-26-13-16(11-24-26)22(28)29/h1-4,7,11,13-14,19-20,30H,5-6,8-10,12H2,(H,28,29). The molecule has 2 aliphatic rings. The van der Waals surface area contributed by atoms with E-state index in [1.54, 1.807) is 22.9 Å². The lowest BCUT2D eigenvalue weighted by atomic mass is 9.93. The van der Waals surface area contributed by atoms with E-state index in [1.165, 1.54) is 18.5 Å². The summed E-state index contributed by atoms with van der Waals surface area (Å²) in [4.78, 5) is 26.1. The molecule has 1 aliphatic heterocycles. The van der Waals surface area contributed by atoms with Crippen molar-refractivity contribution in [2.75, 3.05) is 13.1 Å². The smallest absolute Gasteiger partial charge is 0.338 e. The first-order valence-corrected chi connectivity index (χ1v) is 10.6. The van der Waals surface area contributed by atoms with Crippen molar-refractivity contribution in [2.45, 2.75) is 37.1 Å². The molecule has 8 heteroatoms. The number of likely N-dealkylation sites (tertiary alicyclic amines) is 1. The first-order valence-electron chi connectivity index (χ1n) is 10.1. The highest BCUT2D eigenvalue weighted by atomic mass is 32.1. The quantitative estimate of drug-likeness (QED) is 0.521. The van der Waals surface area contributed by atoms with E-state index in [1.807, 2.05) is 11.0 Å². The van der Waals surface area contributed by atoms with E-state index in [2.05, 4.69) is 17.7 Å². The van der Waals surface area contributed by atoms with Crippen molar-refractivity contribution in [1.29, 1.82) is 0 Å². The molecule has 0 bridgehead atoms. The number of carboxylic acid groups (broad SMARTS) is 1. The number of carboxylic acids is 1. The van der Waals surface area contributed by atoms with E-state index < -0.39 is 12.0 Å². The second-order valence-electron chi connectivity index (χ2n) is 7.91. The van der Waals surface area contributed by atoms with Gasteiger partial charge in [-0.15, -0.1) is 0 Å². The molecule has 2 unspecified atom stereocenters. The molecule has 0 spiro atoms. The third-order valence-electron chi connectivity index (χ3n) is 5.74. The molecule has 1 aromatic carbocycles. The van der Waals surface area contributed by atoms with E-state index in [9.17, 15) is 14.0 Å². The van der Waals surface area contributed by atoms with Gasteiger partial charge in [0.15, 0.2) is 5.78 Å². The number of carbonyl (C=O) groups excluding carboxylic acids is 1. The highest BCUT2D eigenvalue weighted by molar-refractivity contribution is 7.81. The summed E-state index contributed by atoms with van der Waals surface area (Å²) in [6.45, 7) is 1.58. The zero-order chi connectivity index (χ0) is 21.3. The molecule has 30 heavy (non-hydrogen) atoms. The normalized spacial score (nSPS) is 22.2. The van der Waals surface area contributed by atoms with Crippen LogP contribution in [-0.4, -0.2) is 49.9 Å². The molecule has 1 N–H and O–H groups in total. The summed E-state index contributed by atoms with van der Waals surface area (Å²) in [5.74, 6) is -1.26. The highest BCUT2D eigenvalue weighted by Crippen LogP contribution is 2.39. The average Bonchev–Trinajstić information content (AvgIpc) is 3.47. The molecule has 158 valence electrons. The fourth-order valence-corrected chi connectivity index (χ4v) is 4.22. The number of rotatable bonds is 7. The predicted octanol–water partition coefficient (Wildman–Crippen LogP) is 3.37. The molecule has 4 rings (SSSR count). The van der Waals surface area contributed by atoms with Gasteiger partial charge in [-0.05, 0) is 30.9 Å². The summed E-state index contributed by atoms with van der Waals surface area (Å²) in [6.07, 6.45) is 7.27. The molecule has 1 saturated heterocycles. The molecule has 2 atom stereocenters. The molecule has 1 aliphatic carbocycles. The Hall–Kier alpha value is -2.45. The van der Waals surface area contributed by atoms with Gasteiger partial charge in [-0.25, -0.2) is 9.18 Å². The number of ketones is 1. The van der Waals surface area contributed by atoms with E-state index >= 15 is 0 Å². The number of hydrogen-bond donors (Lipinski definition) is 2. The Kier molecular flexibility index (Phi) is 6.06. The summed E-state index contributed by atoms with van der Waals surface area (Å²) in [5.41, 5.74) is 1.60. The number of aromatic nitrogens is 2. The number of piperidine rings is 1. The molecular formula is C22H24FN3O3S. The molecular weight excluding hydrogens is 405 g/mol. The van der Waals surface area contributed by atoms with Crippen LogP contribution < -0.4 is 0 Å². The van der Waals surface area contributed by atoms with E-state index in [-0.39, 0.29) is 28.3 Å². The maximum absolute atomic E-state index is 14.6. The fourth-order valence-electron chi connectivity index (χ4n) is 3.92. The maximum atomic E-state index is 14.6. The first kappa shape index (κ1) is 20.8. The SMILES string of the molecule is O=C(O)c1cnn(CC=C2CN(C(C(=O)C3CC3)c3ccccc3F)CCC2S)c1. The lowest BCUT2D eigenvalue weighted by Crippen LogP contribution is -2.42. The molecule has 0 radical (unpaired) electrons. The van der Waals surface area contributed by atoms with E-state index in [0.717, 1.165) is 24.8 Å². The van der Waals surface area contributed by atoms with Crippen LogP contribution in [0.5, 0.6) is 0 Å². The minimum Gasteiger partial charge on any atom is -0.478 e. The van der Waals surface area contributed by atoms with Crippen molar-refractivity contribution < 1.29 is 19.1 Å². The van der Waals surface area contributed by atoms with Gasteiger partial charge in [0.05, 0.1) is 24.3 Å². The van der Waals surface area contributed by atoms with Crippen LogP contribution in [0.25, 0.3) is 0 Å². The minimum absolute atomic E-state index is 0.0225. The number of hydrogen-bond acceptors (Lipinski definition) is 5. The highest BCUT2D eigenvalue weighted by Gasteiger charge is 2.40. The van der Waals surface area contributed by atoms with Crippen molar-refractivity contribution in [2.24, 2.45) is 5.92 Å². The summed E-state index contributed by atoms with van der Waals surface area (Å²) < 4.78 is 16.1.